The second kappa shape index (κ2) is 26.6. The Labute approximate surface area is 489 Å². The van der Waals surface area contributed by atoms with Gasteiger partial charge >= 0.3 is 5.69 Å². The first kappa shape index (κ1) is 63.0. The van der Waals surface area contributed by atoms with Crippen LogP contribution in [-0.4, -0.2) is 76.7 Å². The minimum absolute atomic E-state index is 0.0715. The quantitative estimate of drug-likeness (QED) is 0.0496. The first-order valence-corrected chi connectivity index (χ1v) is 35.5. The number of imidazole rings is 1. The van der Waals surface area contributed by atoms with E-state index in [-0.39, 0.29) is 36.9 Å². The fourth-order valence-electron chi connectivity index (χ4n) is 8.78. The number of carbonyl (C=O) groups is 3. The van der Waals surface area contributed by atoms with Crippen LogP contribution in [0.5, 0.6) is 0 Å². The Balaban J connectivity index is 0.000000225. The maximum atomic E-state index is 14.0. The van der Waals surface area contributed by atoms with Gasteiger partial charge in [0, 0.05) is 76.1 Å². The molecule has 0 saturated heterocycles. The van der Waals surface area contributed by atoms with E-state index in [1.54, 1.807) is 49.1 Å². The number of aryl methyl sites for hydroxylation is 3. The molecule has 1 aliphatic heterocycles. The molecule has 81 heavy (non-hydrogen) atoms. The van der Waals surface area contributed by atoms with Gasteiger partial charge in [-0.05, 0) is 148 Å². The zero-order valence-electron chi connectivity index (χ0n) is 49.6. The van der Waals surface area contributed by atoms with Gasteiger partial charge in [-0.25, -0.2) is 4.79 Å². The van der Waals surface area contributed by atoms with E-state index < -0.39 is 27.0 Å². The van der Waals surface area contributed by atoms with Gasteiger partial charge in [0.05, 0.1) is 46.1 Å². The third kappa shape index (κ3) is 16.1. The van der Waals surface area contributed by atoms with E-state index in [0.717, 1.165) is 66.8 Å². The van der Waals surface area contributed by atoms with Crippen molar-refractivity contribution in [3.8, 4) is 17.8 Å². The summed E-state index contributed by atoms with van der Waals surface area (Å²) < 4.78 is 16.3. The highest BCUT2D eigenvalue weighted by Crippen LogP contribution is 2.31. The molecule has 0 bridgehead atoms. The minimum atomic E-state index is -1.32. The Morgan fingerprint density at radius 1 is 0.605 bits per heavy atom. The molecule has 6 aromatic carbocycles. The van der Waals surface area contributed by atoms with Crippen molar-refractivity contribution in [3.05, 3.63) is 187 Å². The molecule has 16 heteroatoms. The molecule has 8 rings (SSSR count). The number of fused-ring (bicyclic) bond motifs is 2. The van der Waals surface area contributed by atoms with Crippen LogP contribution >= 0.6 is 15.9 Å². The maximum absolute atomic E-state index is 14.0. The lowest BCUT2D eigenvalue weighted by atomic mass is 9.85. The summed E-state index contributed by atoms with van der Waals surface area (Å²) in [5, 5.41) is 19.1. The van der Waals surface area contributed by atoms with Crippen LogP contribution < -0.4 is 20.4 Å². The van der Waals surface area contributed by atoms with Gasteiger partial charge in [-0.2, -0.15) is 10.5 Å². The van der Waals surface area contributed by atoms with Crippen molar-refractivity contribution < 1.29 is 23.9 Å². The van der Waals surface area contributed by atoms with E-state index >= 15 is 0 Å². The van der Waals surface area contributed by atoms with Crippen LogP contribution in [0.4, 0.5) is 17.1 Å². The molecule has 1 aromatic heterocycles. The van der Waals surface area contributed by atoms with E-state index in [0.29, 0.717) is 42.1 Å². The number of ether oxygens (including phenoxy) is 2. The van der Waals surface area contributed by atoms with Crippen LogP contribution in [0.3, 0.4) is 0 Å². The van der Waals surface area contributed by atoms with Crippen molar-refractivity contribution in [2.75, 3.05) is 48.4 Å². The number of aromatic nitrogens is 2. The van der Waals surface area contributed by atoms with Gasteiger partial charge in [0.25, 0.3) is 11.8 Å². The molecule has 13 nitrogen and oxygen atoms in total. The third-order valence-corrected chi connectivity index (χ3v) is 18.7. The summed E-state index contributed by atoms with van der Waals surface area (Å²) in [5.41, 5.74) is 8.99. The number of likely N-dealkylation sites (N-methyl/N-ethyl adjacent to an activating group) is 1. The number of benzene rings is 6. The molecule has 0 aliphatic carbocycles. The molecule has 1 aliphatic rings. The highest BCUT2D eigenvalue weighted by molar-refractivity contribution is 9.10. The average Bonchev–Trinajstić information content (AvgIpc) is 3.94. The number of hydrogen-bond donors (Lipinski definition) is 0. The normalized spacial score (nSPS) is 12.4. The fourth-order valence-corrected chi connectivity index (χ4v) is 10.7. The molecule has 0 saturated carbocycles. The summed E-state index contributed by atoms with van der Waals surface area (Å²) in [6.07, 6.45) is 0.562. The van der Waals surface area contributed by atoms with E-state index in [1.807, 2.05) is 164 Å². The number of anilines is 3. The second-order valence-electron chi connectivity index (χ2n) is 24.1. The van der Waals surface area contributed by atoms with Crippen LogP contribution in [0.2, 0.25) is 51.4 Å². The van der Waals surface area contributed by atoms with Crippen LogP contribution in [0, 0.1) is 36.5 Å². The molecule has 0 N–H and O–H groups in total. The largest absolute Gasteiger partial charge is 0.361 e. The van der Waals surface area contributed by atoms with E-state index in [1.165, 1.54) is 0 Å². The average molecular weight is 1190 g/mol. The number of rotatable bonds is 17. The summed E-state index contributed by atoms with van der Waals surface area (Å²) in [7, 11) is 1.04. The van der Waals surface area contributed by atoms with Gasteiger partial charge < -0.3 is 14.4 Å². The van der Waals surface area contributed by atoms with Gasteiger partial charge in [0.1, 0.15) is 13.5 Å². The lowest BCUT2D eigenvalue weighted by molar-refractivity contribution is -0.117. The highest BCUT2D eigenvalue weighted by Gasteiger charge is 2.28. The van der Waals surface area contributed by atoms with Crippen molar-refractivity contribution in [1.82, 2.24) is 9.13 Å². The van der Waals surface area contributed by atoms with Crippen LogP contribution in [0.25, 0.3) is 16.7 Å². The van der Waals surface area contributed by atoms with Crippen molar-refractivity contribution in [2.24, 2.45) is 7.05 Å². The Hall–Kier alpha value is -7.19. The molecule has 0 fully saturated rings. The number of nitrogens with zero attached hydrogens (tertiary/aromatic N) is 7. The summed E-state index contributed by atoms with van der Waals surface area (Å²) in [4.78, 5) is 56.9. The van der Waals surface area contributed by atoms with E-state index in [9.17, 15) is 29.7 Å². The first-order valence-electron chi connectivity index (χ1n) is 27.3. The topological polar surface area (TPSA) is 154 Å². The molecule has 3 amide bonds. The Bertz CT molecular complexity index is 3560. The minimum Gasteiger partial charge on any atom is -0.361 e. The van der Waals surface area contributed by atoms with Gasteiger partial charge in [-0.3, -0.25) is 33.3 Å². The lowest BCUT2D eigenvalue weighted by Gasteiger charge is -2.26. The molecule has 7 aromatic rings. The van der Waals surface area contributed by atoms with Crippen LogP contribution in [0.1, 0.15) is 76.2 Å². The van der Waals surface area contributed by atoms with Crippen LogP contribution in [-0.2, 0) is 38.6 Å². The van der Waals surface area contributed by atoms with E-state index in [2.05, 4.69) is 67.4 Å². The first-order chi connectivity index (χ1) is 38.1. The van der Waals surface area contributed by atoms with Crippen molar-refractivity contribution >= 4 is 77.9 Å². The summed E-state index contributed by atoms with van der Waals surface area (Å²) in [6, 6.07) is 48.3. The van der Waals surface area contributed by atoms with Gasteiger partial charge in [0.2, 0.25) is 5.91 Å². The van der Waals surface area contributed by atoms with Gasteiger partial charge in [-0.15, -0.1) is 0 Å². The number of halogens is 1. The predicted molar refractivity (Wildman–Crippen MR) is 337 cm³/mol. The molecule has 0 atom stereocenters. The number of nitriles is 2. The molecular weight excluding hydrogens is 1110 g/mol. The fraction of sp³-hybridized carbons (Fsp3) is 0.354. The van der Waals surface area contributed by atoms with E-state index in [4.69, 9.17) is 9.47 Å². The number of carbonyl (C=O) groups excluding carboxylic acids is 3. The summed E-state index contributed by atoms with van der Waals surface area (Å²) in [5.74, 6) is -0.191. The van der Waals surface area contributed by atoms with Crippen molar-refractivity contribution in [3.63, 3.8) is 0 Å². The van der Waals surface area contributed by atoms with Crippen LogP contribution in [0.15, 0.2) is 143 Å². The monoisotopic (exact) mass is 1190 g/mol. The third-order valence-electron chi connectivity index (χ3n) is 14.4. The zero-order chi connectivity index (χ0) is 59.6. The number of amides is 3. The standard InChI is InChI=1S/C32H38N4O3Si.C24H31BrN2O2Si.C9H9NO/c1-23-15-16-26(20-29(23)36-28-14-9-8-13-27(28)34(4)31(36)38)35(22-39-17-18-40(5,6)7)30(37)24-11-10-12-25(19-24)32(2,3)21-33;1-18-10-11-21(15-22(18)25)27(17-29-12-13-30(4,5)6)23(28)19-8-7-9-20(14-19)24(2,3)16-26;1-10-8-5-3-2-4-7(8)6-9(10)11/h8-16,19-20H,17-18,22H2,1-7H3;7-11,14-15H,12-13,17H2,1-6H3;2-5H,6H2,1H3. The van der Waals surface area contributed by atoms with Crippen molar-refractivity contribution in [2.45, 2.75) is 110 Å². The molecule has 424 valence electrons. The molecule has 2 heterocycles. The van der Waals surface area contributed by atoms with Crippen molar-refractivity contribution in [1.29, 1.82) is 10.5 Å². The number of hydrogen-bond acceptors (Lipinski definition) is 8. The Kier molecular flexibility index (Phi) is 20.7. The summed E-state index contributed by atoms with van der Waals surface area (Å²) in [6.45, 7) is 26.6. The molecule has 0 spiro atoms. The summed E-state index contributed by atoms with van der Waals surface area (Å²) >= 11 is 3.57. The predicted octanol–water partition coefficient (Wildman–Crippen LogP) is 14.1. The molecule has 0 unspecified atom stereocenters. The SMILES string of the molecule is CN1C(=O)Cc2ccccc21.Cc1ccc(N(COCC[Si](C)(C)C)C(=O)c2cccc(C(C)(C)C#N)c2)cc1-n1c(=O)n(C)c2ccccc21.Cc1ccc(N(COCC[Si](C)(C)C)C(=O)c2cccc(C(C)(C)C#N)c2)cc1Br. The lowest BCUT2D eigenvalue weighted by Crippen LogP contribution is -2.34. The highest BCUT2D eigenvalue weighted by atomic mass is 79.9. The number of para-hydroxylation sites is 3. The molecule has 0 radical (unpaired) electrons. The van der Waals surface area contributed by atoms with Gasteiger partial charge in [-0.1, -0.05) is 122 Å². The second-order valence-corrected chi connectivity index (χ2v) is 36.2. The Morgan fingerprint density at radius 2 is 1.07 bits per heavy atom. The maximum Gasteiger partial charge on any atom is 0.333 e. The Morgan fingerprint density at radius 3 is 1.56 bits per heavy atom. The smallest absolute Gasteiger partial charge is 0.333 e. The zero-order valence-corrected chi connectivity index (χ0v) is 53.2. The molecular formula is C65H78BrN7O6Si2. The van der Waals surface area contributed by atoms with Gasteiger partial charge in [0.15, 0.2) is 0 Å².